The summed E-state index contributed by atoms with van der Waals surface area (Å²) in [5.41, 5.74) is 2.62. The van der Waals surface area contributed by atoms with E-state index >= 15 is 0 Å². The second-order valence-corrected chi connectivity index (χ2v) is 22.0. The van der Waals surface area contributed by atoms with Gasteiger partial charge in [0.15, 0.2) is 0 Å². The number of hydrogen-bond acceptors (Lipinski definition) is 15. The summed E-state index contributed by atoms with van der Waals surface area (Å²) in [4.78, 5) is 71.7. The van der Waals surface area contributed by atoms with Crippen molar-refractivity contribution in [2.24, 2.45) is 29.6 Å². The van der Waals surface area contributed by atoms with Crippen molar-refractivity contribution >= 4 is 41.2 Å². The van der Waals surface area contributed by atoms with Crippen LogP contribution in [0.5, 0.6) is 0 Å². The van der Waals surface area contributed by atoms with E-state index in [0.717, 1.165) is 22.5 Å². The molecule has 4 heterocycles. The van der Waals surface area contributed by atoms with Gasteiger partial charge in [-0.3, -0.25) is 19.2 Å². The summed E-state index contributed by atoms with van der Waals surface area (Å²) in [5.74, 6) is -8.02. The van der Waals surface area contributed by atoms with Crippen molar-refractivity contribution in [1.29, 1.82) is 0 Å². The molecule has 1 aliphatic carbocycles. The van der Waals surface area contributed by atoms with Gasteiger partial charge in [0.1, 0.15) is 29.3 Å². The lowest BCUT2D eigenvalue weighted by Gasteiger charge is -2.47. The minimum Gasteiger partial charge on any atom is -0.465 e. The van der Waals surface area contributed by atoms with E-state index in [-0.39, 0.29) is 66.9 Å². The molecule has 15 nitrogen and oxygen atoms in total. The van der Waals surface area contributed by atoms with Crippen LogP contribution in [0.2, 0.25) is 0 Å². The predicted molar refractivity (Wildman–Crippen MR) is 267 cm³/mol. The van der Waals surface area contributed by atoms with Crippen LogP contribution in [0, 0.1) is 29.6 Å². The minimum atomic E-state index is -2.53. The highest BCUT2D eigenvalue weighted by Gasteiger charge is 2.56. The average molecular weight is 1010 g/mol. The third-order valence-electron chi connectivity index (χ3n) is 15.4. The number of aliphatic hydroxyl groups is 2. The van der Waals surface area contributed by atoms with Crippen molar-refractivity contribution in [3.63, 3.8) is 0 Å². The number of amides is 1. The molecule has 2 bridgehead atoms. The molecule has 16 heteroatoms. The first-order chi connectivity index (χ1) is 33.9. The zero-order valence-electron chi connectivity index (χ0n) is 43.1. The molecule has 1 amide bonds. The van der Waals surface area contributed by atoms with E-state index in [9.17, 15) is 34.2 Å². The van der Waals surface area contributed by atoms with Crippen LogP contribution in [0.3, 0.4) is 0 Å². The number of hydrogen-bond donors (Lipinski definition) is 2. The number of ether oxygens (including phenoxy) is 7. The summed E-state index contributed by atoms with van der Waals surface area (Å²) in [5, 5.41) is 23.9. The van der Waals surface area contributed by atoms with E-state index in [1.54, 1.807) is 27.0 Å². The zero-order chi connectivity index (χ0) is 51.6. The van der Waals surface area contributed by atoms with Crippen molar-refractivity contribution in [3.8, 4) is 0 Å². The molecule has 0 radical (unpaired) electrons. The van der Waals surface area contributed by atoms with Crippen LogP contribution < -0.4 is 0 Å². The first-order valence-corrected chi connectivity index (χ1v) is 26.5. The number of piperidine rings is 1. The standard InChI is InChI=1S/C55H79NO14S/c1-10-13-39-25-32(2)24-33(3)26-46(65-8)50-47(66-9)28-35(5)55(63,70-50)51(59)52(60)56-22-12-11-14-41(56)53(61)69-49(36(6)42(57)30-43(39)58)34(4)27-38-17-20-44(45(29-38)64-7)68-31-37-15-18-40(19-16-37)71-48-21-23-67-54(48)62/h10,15-16,18-19,25,27,33,35-36,38-39,41-42,44-50,57,63H,1,11-14,17,20-24,26,28-31H2,2-9H3/b32-25+,34-27+/t33-,35+,36+,38-,39+,41-,42-,44+,45+,46-,47-,48?,49?,50+,55+/m0/s1. The third kappa shape index (κ3) is 14.1. The average Bonchev–Trinajstić information content (AvgIpc) is 3.77. The summed E-state index contributed by atoms with van der Waals surface area (Å²) in [6.07, 6.45) is 6.39. The van der Waals surface area contributed by atoms with Crippen LogP contribution in [0.4, 0.5) is 0 Å². The molecule has 1 aromatic rings. The van der Waals surface area contributed by atoms with Gasteiger partial charge in [-0.25, -0.2) is 4.79 Å². The quantitative estimate of drug-likeness (QED) is 0.121. The highest BCUT2D eigenvalue weighted by Crippen LogP contribution is 2.40. The maximum Gasteiger partial charge on any atom is 0.329 e. The fourth-order valence-corrected chi connectivity index (χ4v) is 12.2. The molecule has 5 aliphatic rings. The van der Waals surface area contributed by atoms with Crippen LogP contribution in [0.1, 0.15) is 117 Å². The van der Waals surface area contributed by atoms with E-state index < -0.39 is 77.8 Å². The number of methoxy groups -OCH3 is 3. The Hall–Kier alpha value is -3.74. The smallest absolute Gasteiger partial charge is 0.329 e. The molecule has 1 aromatic carbocycles. The second kappa shape index (κ2) is 26.0. The Morgan fingerprint density at radius 3 is 2.25 bits per heavy atom. The molecule has 4 aliphatic heterocycles. The Balaban J connectivity index is 1.25. The number of allylic oxidation sites excluding steroid dienone is 4. The van der Waals surface area contributed by atoms with E-state index in [4.69, 9.17) is 33.2 Å². The lowest BCUT2D eigenvalue weighted by atomic mass is 9.81. The number of Topliss-reactive ketones (excluding diaryl/α,β-unsaturated/α-hetero) is 2. The Morgan fingerprint density at radius 1 is 0.887 bits per heavy atom. The molecule has 0 spiro atoms. The van der Waals surface area contributed by atoms with Gasteiger partial charge in [0.25, 0.3) is 11.7 Å². The van der Waals surface area contributed by atoms with Crippen LogP contribution >= 0.6 is 11.8 Å². The van der Waals surface area contributed by atoms with Crippen LogP contribution in [-0.2, 0) is 63.7 Å². The number of carbonyl (C=O) groups excluding carboxylic acids is 5. The SMILES string of the molecule is C=CC[C@@H]1/C=C(\C)C[C@H](C)C[C@H](OC)[C@H]2O[C@@](O)(C(=O)C(=O)N3CCCC[C@H]3C(=O)OC(/C(C)=C/[C@@H]3CC[C@@H](OCc4ccc(SC5CCOC5=O)cc4)[C@H](OC)C3)[C@H](C)[C@@H](O)CC1=O)[C@H](C)C[C@@H]2OC. The minimum absolute atomic E-state index is 0.00353. The molecule has 2 unspecified atom stereocenters. The number of cyclic esters (lactones) is 2. The van der Waals surface area contributed by atoms with E-state index in [1.807, 2.05) is 51.1 Å². The molecule has 2 N–H and O–H groups in total. The molecule has 15 atom stereocenters. The van der Waals surface area contributed by atoms with Crippen LogP contribution in [0.15, 0.2) is 65.1 Å². The van der Waals surface area contributed by atoms with Crippen molar-refractivity contribution in [2.75, 3.05) is 34.5 Å². The van der Waals surface area contributed by atoms with Gasteiger partial charge in [-0.15, -0.1) is 18.3 Å². The van der Waals surface area contributed by atoms with Gasteiger partial charge in [-0.1, -0.05) is 56.7 Å². The number of benzene rings is 1. The third-order valence-corrected chi connectivity index (χ3v) is 16.7. The van der Waals surface area contributed by atoms with Crippen LogP contribution in [0.25, 0.3) is 0 Å². The van der Waals surface area contributed by atoms with Gasteiger partial charge in [0.2, 0.25) is 5.79 Å². The first-order valence-electron chi connectivity index (χ1n) is 25.7. The molecule has 6 rings (SSSR count). The van der Waals surface area contributed by atoms with Gasteiger partial charge < -0.3 is 48.3 Å². The van der Waals surface area contributed by atoms with Crippen molar-refractivity contribution in [2.45, 2.75) is 183 Å². The van der Waals surface area contributed by atoms with Gasteiger partial charge in [0, 0.05) is 63.4 Å². The highest BCUT2D eigenvalue weighted by molar-refractivity contribution is 8.00. The van der Waals surface area contributed by atoms with Gasteiger partial charge in [-0.2, -0.15) is 0 Å². The summed E-state index contributed by atoms with van der Waals surface area (Å²) in [7, 11) is 4.72. The lowest BCUT2D eigenvalue weighted by molar-refractivity contribution is -0.302. The number of fused-ring (bicyclic) bond motifs is 3. The molecule has 394 valence electrons. The van der Waals surface area contributed by atoms with Crippen molar-refractivity contribution < 1.29 is 67.3 Å². The molecule has 4 fully saturated rings. The normalized spacial score (nSPS) is 37.3. The number of thioether (sulfide) groups is 1. The summed E-state index contributed by atoms with van der Waals surface area (Å²) in [6, 6.07) is 6.83. The fourth-order valence-electron chi connectivity index (χ4n) is 11.2. The lowest BCUT2D eigenvalue weighted by Crippen LogP contribution is -2.64. The van der Waals surface area contributed by atoms with Gasteiger partial charge >= 0.3 is 11.9 Å². The molecular weight excluding hydrogens is 931 g/mol. The largest absolute Gasteiger partial charge is 0.465 e. The Kier molecular flexibility index (Phi) is 20.7. The number of esters is 2. The van der Waals surface area contributed by atoms with Crippen LogP contribution in [-0.4, -0.2) is 139 Å². The van der Waals surface area contributed by atoms with Crippen molar-refractivity contribution in [1.82, 2.24) is 4.90 Å². The van der Waals surface area contributed by atoms with E-state index in [0.29, 0.717) is 70.2 Å². The van der Waals surface area contributed by atoms with Crippen molar-refractivity contribution in [3.05, 3.63) is 65.8 Å². The number of aliphatic hydroxyl groups excluding tert-OH is 1. The monoisotopic (exact) mass is 1010 g/mol. The Labute approximate surface area is 424 Å². The van der Waals surface area contributed by atoms with E-state index in [1.165, 1.54) is 30.9 Å². The molecule has 71 heavy (non-hydrogen) atoms. The summed E-state index contributed by atoms with van der Waals surface area (Å²) < 4.78 is 42.0. The molecular formula is C55H79NO14S. The summed E-state index contributed by atoms with van der Waals surface area (Å²) in [6.45, 7) is 14.1. The maximum atomic E-state index is 14.6. The molecule has 3 saturated heterocycles. The topological polar surface area (TPSA) is 194 Å². The second-order valence-electron chi connectivity index (χ2n) is 20.8. The number of rotatable bonds is 12. The van der Waals surface area contributed by atoms with E-state index in [2.05, 4.69) is 12.7 Å². The highest BCUT2D eigenvalue weighted by atomic mass is 32.2. The first kappa shape index (κ1) is 56.6. The van der Waals surface area contributed by atoms with Gasteiger partial charge in [-0.05, 0) is 113 Å². The van der Waals surface area contributed by atoms with Gasteiger partial charge in [0.05, 0.1) is 43.7 Å². The molecule has 0 aromatic heterocycles. The predicted octanol–water partition coefficient (Wildman–Crippen LogP) is 7.27. The number of nitrogens with zero attached hydrogens (tertiary/aromatic N) is 1. The number of ketones is 2. The zero-order valence-corrected chi connectivity index (χ0v) is 43.9. The molecule has 1 saturated carbocycles. The fraction of sp³-hybridized carbons (Fsp3) is 0.691. The number of carbonyl (C=O) groups is 5. The maximum absolute atomic E-state index is 14.6. The Bertz CT molecular complexity index is 2080. The summed E-state index contributed by atoms with van der Waals surface area (Å²) >= 11 is 1.51. The Morgan fingerprint density at radius 2 is 1.59 bits per heavy atom.